The average Bonchev–Trinajstić information content (AvgIpc) is 2.69. The molecule has 0 saturated heterocycles. The Morgan fingerprint density at radius 3 is 2.94 bits per heavy atom. The highest BCUT2D eigenvalue weighted by molar-refractivity contribution is 9.10. The number of hydrogen-bond donors (Lipinski definition) is 1. The van der Waals surface area contributed by atoms with E-state index in [-0.39, 0.29) is 12.2 Å². The molecular formula is C11H7BrFNO2S. The Bertz CT molecular complexity index is 570. The van der Waals surface area contributed by atoms with Crippen LogP contribution in [0, 0.1) is 5.82 Å². The Labute approximate surface area is 109 Å². The van der Waals surface area contributed by atoms with E-state index in [1.807, 2.05) is 0 Å². The number of rotatable bonds is 3. The minimum absolute atomic E-state index is 0.0983. The lowest BCUT2D eigenvalue weighted by atomic mass is 10.2. The van der Waals surface area contributed by atoms with E-state index in [1.54, 1.807) is 17.5 Å². The Balaban J connectivity index is 2.30. The van der Waals surface area contributed by atoms with Crippen LogP contribution in [0.4, 0.5) is 4.39 Å². The standard InChI is InChI=1S/C11H7BrFNO2S/c12-8-3-6(1-2-9(8)13)11-14-7(5-17-11)4-10(15)16/h1-3,5H,4H2,(H,15,16). The number of aliphatic carboxylic acids is 1. The van der Waals surface area contributed by atoms with Crippen molar-refractivity contribution in [2.24, 2.45) is 0 Å². The van der Waals surface area contributed by atoms with Gasteiger partial charge in [-0.25, -0.2) is 9.37 Å². The normalized spacial score (nSPS) is 10.5. The molecule has 2 rings (SSSR count). The van der Waals surface area contributed by atoms with Crippen molar-refractivity contribution >= 4 is 33.2 Å². The maximum atomic E-state index is 13.1. The third-order valence-electron chi connectivity index (χ3n) is 2.05. The van der Waals surface area contributed by atoms with E-state index < -0.39 is 5.97 Å². The van der Waals surface area contributed by atoms with Crippen molar-refractivity contribution in [3.05, 3.63) is 39.6 Å². The van der Waals surface area contributed by atoms with Gasteiger partial charge in [0.2, 0.25) is 0 Å². The van der Waals surface area contributed by atoms with E-state index in [4.69, 9.17) is 5.11 Å². The molecule has 0 atom stereocenters. The van der Waals surface area contributed by atoms with Crippen LogP contribution in [0.25, 0.3) is 10.6 Å². The van der Waals surface area contributed by atoms with Crippen LogP contribution in [0.2, 0.25) is 0 Å². The summed E-state index contributed by atoms with van der Waals surface area (Å²) in [5, 5.41) is 11.0. The number of benzene rings is 1. The number of thiazole rings is 1. The zero-order valence-corrected chi connectivity index (χ0v) is 10.9. The number of aromatic nitrogens is 1. The largest absolute Gasteiger partial charge is 0.481 e. The summed E-state index contributed by atoms with van der Waals surface area (Å²) in [6, 6.07) is 4.58. The van der Waals surface area contributed by atoms with E-state index >= 15 is 0 Å². The van der Waals surface area contributed by atoms with Crippen LogP contribution in [0.3, 0.4) is 0 Å². The summed E-state index contributed by atoms with van der Waals surface area (Å²) in [4.78, 5) is 14.7. The van der Waals surface area contributed by atoms with Gasteiger partial charge in [-0.1, -0.05) is 0 Å². The van der Waals surface area contributed by atoms with E-state index in [1.165, 1.54) is 17.4 Å². The highest BCUT2D eigenvalue weighted by Crippen LogP contribution is 2.27. The highest BCUT2D eigenvalue weighted by Gasteiger charge is 2.09. The minimum Gasteiger partial charge on any atom is -0.481 e. The van der Waals surface area contributed by atoms with Gasteiger partial charge < -0.3 is 5.11 Å². The number of halogens is 2. The van der Waals surface area contributed by atoms with E-state index in [2.05, 4.69) is 20.9 Å². The van der Waals surface area contributed by atoms with Crippen LogP contribution in [-0.2, 0) is 11.2 Å². The minimum atomic E-state index is -0.915. The van der Waals surface area contributed by atoms with Gasteiger partial charge in [-0.05, 0) is 34.1 Å². The molecule has 1 N–H and O–H groups in total. The quantitative estimate of drug-likeness (QED) is 0.945. The first-order valence-corrected chi connectivity index (χ1v) is 6.35. The molecule has 0 aliphatic heterocycles. The fourth-order valence-electron chi connectivity index (χ4n) is 1.30. The molecule has 2 aromatic rings. The van der Waals surface area contributed by atoms with Gasteiger partial charge in [0.25, 0.3) is 0 Å². The first-order valence-electron chi connectivity index (χ1n) is 4.68. The Morgan fingerprint density at radius 1 is 1.53 bits per heavy atom. The first-order chi connectivity index (χ1) is 8.06. The van der Waals surface area contributed by atoms with Crippen LogP contribution in [0.1, 0.15) is 5.69 Å². The Hall–Kier alpha value is -1.27. The summed E-state index contributed by atoms with van der Waals surface area (Å²) in [5.41, 5.74) is 1.28. The Morgan fingerprint density at radius 2 is 2.29 bits per heavy atom. The average molecular weight is 316 g/mol. The highest BCUT2D eigenvalue weighted by atomic mass is 79.9. The summed E-state index contributed by atoms with van der Waals surface area (Å²) in [6.45, 7) is 0. The van der Waals surface area contributed by atoms with Crippen LogP contribution in [-0.4, -0.2) is 16.1 Å². The molecule has 0 amide bonds. The topological polar surface area (TPSA) is 50.2 Å². The van der Waals surface area contributed by atoms with E-state index in [9.17, 15) is 9.18 Å². The SMILES string of the molecule is O=C(O)Cc1csc(-c2ccc(F)c(Br)c2)n1. The summed E-state index contributed by atoms with van der Waals surface area (Å²) < 4.78 is 13.4. The van der Waals surface area contributed by atoms with Crippen molar-refractivity contribution in [1.29, 1.82) is 0 Å². The predicted octanol–water partition coefficient (Wildman–Crippen LogP) is 3.34. The van der Waals surface area contributed by atoms with Gasteiger partial charge in [-0.15, -0.1) is 11.3 Å². The molecular weight excluding hydrogens is 309 g/mol. The van der Waals surface area contributed by atoms with Crippen LogP contribution in [0.15, 0.2) is 28.1 Å². The molecule has 0 fully saturated rings. The molecule has 17 heavy (non-hydrogen) atoms. The smallest absolute Gasteiger partial charge is 0.309 e. The molecule has 0 aliphatic carbocycles. The van der Waals surface area contributed by atoms with E-state index in [0.717, 1.165) is 5.56 Å². The maximum Gasteiger partial charge on any atom is 0.309 e. The maximum absolute atomic E-state index is 13.1. The second-order valence-electron chi connectivity index (χ2n) is 3.34. The fraction of sp³-hybridized carbons (Fsp3) is 0.0909. The molecule has 1 aromatic heterocycles. The summed E-state index contributed by atoms with van der Waals surface area (Å²) in [7, 11) is 0. The van der Waals surface area contributed by atoms with Crippen LogP contribution in [0.5, 0.6) is 0 Å². The lowest BCUT2D eigenvalue weighted by Crippen LogP contribution is -1.99. The molecule has 0 bridgehead atoms. The molecule has 1 heterocycles. The van der Waals surface area contributed by atoms with Crippen molar-refractivity contribution in [1.82, 2.24) is 4.98 Å². The third kappa shape index (κ3) is 2.89. The van der Waals surface area contributed by atoms with Gasteiger partial charge in [0.1, 0.15) is 10.8 Å². The first kappa shape index (κ1) is 12.2. The lowest BCUT2D eigenvalue weighted by Gasteiger charge is -1.98. The monoisotopic (exact) mass is 315 g/mol. The lowest BCUT2D eigenvalue weighted by molar-refractivity contribution is -0.136. The molecule has 3 nitrogen and oxygen atoms in total. The van der Waals surface area contributed by atoms with Gasteiger partial charge in [0.05, 0.1) is 16.6 Å². The zero-order valence-electron chi connectivity index (χ0n) is 8.48. The molecule has 0 radical (unpaired) electrons. The van der Waals surface area contributed by atoms with Gasteiger partial charge in [0.15, 0.2) is 0 Å². The van der Waals surface area contributed by atoms with Gasteiger partial charge in [-0.2, -0.15) is 0 Å². The second kappa shape index (κ2) is 4.93. The number of carboxylic acids is 1. The molecule has 6 heteroatoms. The van der Waals surface area contributed by atoms with Gasteiger partial charge in [0, 0.05) is 10.9 Å². The fourth-order valence-corrected chi connectivity index (χ4v) is 2.50. The van der Waals surface area contributed by atoms with Crippen LogP contribution < -0.4 is 0 Å². The van der Waals surface area contributed by atoms with Gasteiger partial charge in [-0.3, -0.25) is 4.79 Å². The summed E-state index contributed by atoms with van der Waals surface area (Å²) in [6.07, 6.45) is -0.0983. The van der Waals surface area contributed by atoms with E-state index in [0.29, 0.717) is 15.2 Å². The number of carboxylic acid groups (broad SMARTS) is 1. The van der Waals surface area contributed by atoms with Gasteiger partial charge >= 0.3 is 5.97 Å². The number of carbonyl (C=O) groups is 1. The van der Waals surface area contributed by atoms with Crippen molar-refractivity contribution in [3.8, 4) is 10.6 Å². The van der Waals surface area contributed by atoms with Crippen LogP contribution >= 0.6 is 27.3 Å². The number of hydrogen-bond acceptors (Lipinski definition) is 3. The summed E-state index contributed by atoms with van der Waals surface area (Å²) in [5.74, 6) is -1.25. The molecule has 0 aliphatic rings. The molecule has 0 spiro atoms. The molecule has 88 valence electrons. The number of nitrogens with zero attached hydrogens (tertiary/aromatic N) is 1. The zero-order chi connectivity index (χ0) is 12.4. The second-order valence-corrected chi connectivity index (χ2v) is 5.06. The third-order valence-corrected chi connectivity index (χ3v) is 3.60. The van der Waals surface area contributed by atoms with Crippen molar-refractivity contribution in [2.45, 2.75) is 6.42 Å². The van der Waals surface area contributed by atoms with Crippen molar-refractivity contribution < 1.29 is 14.3 Å². The van der Waals surface area contributed by atoms with Crippen molar-refractivity contribution in [3.63, 3.8) is 0 Å². The molecule has 1 aromatic carbocycles. The van der Waals surface area contributed by atoms with Crippen molar-refractivity contribution in [2.75, 3.05) is 0 Å². The Kier molecular flexibility index (Phi) is 3.54. The molecule has 0 saturated carbocycles. The summed E-state index contributed by atoms with van der Waals surface area (Å²) >= 11 is 4.44. The predicted molar refractivity (Wildman–Crippen MR) is 66.5 cm³/mol. The molecule has 0 unspecified atom stereocenters.